The van der Waals surface area contributed by atoms with Crippen molar-refractivity contribution in [3.63, 3.8) is 0 Å². The molecule has 2 rings (SSSR count). The Balaban J connectivity index is 2.17. The maximum Gasteiger partial charge on any atom is 0.476 e. The first-order chi connectivity index (χ1) is 7.77. The van der Waals surface area contributed by atoms with E-state index in [4.69, 9.17) is 0 Å². The van der Waals surface area contributed by atoms with E-state index < -0.39 is 9.46 Å². The molecular weight excluding hydrogens is 222 g/mol. The normalized spacial score (nSPS) is 11.2. The summed E-state index contributed by atoms with van der Waals surface area (Å²) < 4.78 is 24.3. The van der Waals surface area contributed by atoms with Crippen LogP contribution in [0.25, 0.3) is 10.8 Å². The summed E-state index contributed by atoms with van der Waals surface area (Å²) in [5.41, 5.74) is 1.18. The lowest BCUT2D eigenvalue weighted by Crippen LogP contribution is -1.97. The SMILES string of the molecule is F[Si](F)CCCc1cccc2ccccc12. The van der Waals surface area contributed by atoms with Gasteiger partial charge in [-0.2, -0.15) is 0 Å². The molecule has 0 saturated heterocycles. The van der Waals surface area contributed by atoms with Gasteiger partial charge in [-0.15, -0.1) is 0 Å². The second kappa shape index (κ2) is 5.21. The highest BCUT2D eigenvalue weighted by molar-refractivity contribution is 6.42. The van der Waals surface area contributed by atoms with Crippen molar-refractivity contribution >= 4 is 20.2 Å². The number of aryl methyl sites for hydroxylation is 1. The van der Waals surface area contributed by atoms with Crippen LogP contribution >= 0.6 is 0 Å². The van der Waals surface area contributed by atoms with Crippen LogP contribution in [0.1, 0.15) is 12.0 Å². The van der Waals surface area contributed by atoms with Gasteiger partial charge in [-0.1, -0.05) is 42.5 Å². The quantitative estimate of drug-likeness (QED) is 0.550. The molecule has 0 aromatic heterocycles. The van der Waals surface area contributed by atoms with Crippen molar-refractivity contribution in [1.29, 1.82) is 0 Å². The Labute approximate surface area is 95.9 Å². The van der Waals surface area contributed by atoms with Gasteiger partial charge in [0.1, 0.15) is 0 Å². The fourth-order valence-corrected chi connectivity index (χ4v) is 2.37. The van der Waals surface area contributed by atoms with Crippen LogP contribution in [0, 0.1) is 0 Å². The molecule has 1 radical (unpaired) electrons. The van der Waals surface area contributed by atoms with Crippen LogP contribution in [0.5, 0.6) is 0 Å². The van der Waals surface area contributed by atoms with Crippen LogP contribution in [-0.2, 0) is 6.42 Å². The highest BCUT2D eigenvalue weighted by Gasteiger charge is 2.09. The smallest absolute Gasteiger partial charge is 0.268 e. The summed E-state index contributed by atoms with van der Waals surface area (Å²) in [5, 5.41) is 2.38. The lowest BCUT2D eigenvalue weighted by Gasteiger charge is -2.05. The van der Waals surface area contributed by atoms with Crippen molar-refractivity contribution in [1.82, 2.24) is 0 Å². The molecule has 16 heavy (non-hydrogen) atoms. The zero-order valence-corrected chi connectivity index (χ0v) is 9.92. The van der Waals surface area contributed by atoms with Gasteiger partial charge in [-0.05, 0) is 29.2 Å². The minimum Gasteiger partial charge on any atom is -0.268 e. The first-order valence-electron chi connectivity index (χ1n) is 5.41. The third-order valence-electron chi connectivity index (χ3n) is 2.69. The predicted molar refractivity (Wildman–Crippen MR) is 65.0 cm³/mol. The Morgan fingerprint density at radius 1 is 0.938 bits per heavy atom. The summed E-state index contributed by atoms with van der Waals surface area (Å²) in [7, 11) is -3.06. The van der Waals surface area contributed by atoms with Crippen molar-refractivity contribution in [2.24, 2.45) is 0 Å². The third kappa shape index (κ3) is 2.67. The van der Waals surface area contributed by atoms with E-state index in [0.29, 0.717) is 6.42 Å². The van der Waals surface area contributed by atoms with Gasteiger partial charge < -0.3 is 0 Å². The summed E-state index contributed by atoms with van der Waals surface area (Å²) in [5.74, 6) is 0. The average Bonchev–Trinajstić information content (AvgIpc) is 2.29. The summed E-state index contributed by atoms with van der Waals surface area (Å²) in [6.07, 6.45) is 1.35. The fraction of sp³-hybridized carbons (Fsp3) is 0.231. The van der Waals surface area contributed by atoms with Crippen molar-refractivity contribution in [2.75, 3.05) is 0 Å². The molecule has 0 nitrogen and oxygen atoms in total. The van der Waals surface area contributed by atoms with E-state index in [9.17, 15) is 8.22 Å². The molecule has 0 aliphatic heterocycles. The predicted octanol–water partition coefficient (Wildman–Crippen LogP) is 4.20. The van der Waals surface area contributed by atoms with E-state index in [1.54, 1.807) is 0 Å². The second-order valence-electron chi connectivity index (χ2n) is 3.83. The van der Waals surface area contributed by atoms with E-state index in [-0.39, 0.29) is 6.04 Å². The lowest BCUT2D eigenvalue weighted by molar-refractivity contribution is 0.641. The summed E-state index contributed by atoms with van der Waals surface area (Å²) in [4.78, 5) is 0. The lowest BCUT2D eigenvalue weighted by atomic mass is 10.0. The number of halogens is 2. The van der Waals surface area contributed by atoms with Crippen LogP contribution < -0.4 is 0 Å². The maximum absolute atomic E-state index is 12.2. The van der Waals surface area contributed by atoms with E-state index in [1.165, 1.54) is 16.3 Å². The topological polar surface area (TPSA) is 0 Å². The van der Waals surface area contributed by atoms with Crippen LogP contribution in [-0.4, -0.2) is 9.46 Å². The van der Waals surface area contributed by atoms with E-state index in [1.807, 2.05) is 24.3 Å². The summed E-state index contributed by atoms with van der Waals surface area (Å²) >= 11 is 0. The fourth-order valence-electron chi connectivity index (χ4n) is 1.92. The molecule has 83 valence electrons. The molecule has 0 aliphatic rings. The first kappa shape index (κ1) is 11.3. The number of hydrogen-bond acceptors (Lipinski definition) is 0. The van der Waals surface area contributed by atoms with Crippen LogP contribution in [0.3, 0.4) is 0 Å². The van der Waals surface area contributed by atoms with Crippen molar-refractivity contribution in [3.8, 4) is 0 Å². The molecular formula is C13H13F2Si. The molecule has 0 heterocycles. The van der Waals surface area contributed by atoms with Gasteiger partial charge in [0.15, 0.2) is 0 Å². The standard InChI is InChI=1S/C13H13F2Si/c14-16(15)10-4-8-12-7-3-6-11-5-1-2-9-13(11)12/h1-3,5-7,9H,4,8,10H2. The minimum absolute atomic E-state index is 0.0912. The van der Waals surface area contributed by atoms with Gasteiger partial charge >= 0.3 is 9.46 Å². The van der Waals surface area contributed by atoms with Crippen molar-refractivity contribution in [3.05, 3.63) is 48.0 Å². The molecule has 0 amide bonds. The van der Waals surface area contributed by atoms with Crippen molar-refractivity contribution < 1.29 is 8.22 Å². The third-order valence-corrected chi connectivity index (χ3v) is 3.42. The number of rotatable bonds is 4. The first-order valence-corrected chi connectivity index (χ1v) is 6.87. The Morgan fingerprint density at radius 3 is 2.50 bits per heavy atom. The molecule has 2 aromatic rings. The van der Waals surface area contributed by atoms with E-state index in [0.717, 1.165) is 6.42 Å². The largest absolute Gasteiger partial charge is 0.476 e. The highest BCUT2D eigenvalue weighted by Crippen LogP contribution is 2.20. The highest BCUT2D eigenvalue weighted by atomic mass is 28.4. The molecule has 0 spiro atoms. The Hall–Kier alpha value is -1.22. The molecule has 0 saturated carbocycles. The average molecular weight is 235 g/mol. The summed E-state index contributed by atoms with van der Waals surface area (Å²) in [6, 6.07) is 14.3. The molecule has 0 bridgehead atoms. The van der Waals surface area contributed by atoms with Gasteiger partial charge in [0.2, 0.25) is 0 Å². The zero-order chi connectivity index (χ0) is 11.4. The van der Waals surface area contributed by atoms with Gasteiger partial charge in [0, 0.05) is 6.04 Å². The van der Waals surface area contributed by atoms with Gasteiger partial charge in [0.25, 0.3) is 0 Å². The molecule has 0 N–H and O–H groups in total. The van der Waals surface area contributed by atoms with Gasteiger partial charge in [-0.25, -0.2) is 0 Å². The molecule has 2 aromatic carbocycles. The van der Waals surface area contributed by atoms with Gasteiger partial charge in [0.05, 0.1) is 0 Å². The van der Waals surface area contributed by atoms with Crippen molar-refractivity contribution in [2.45, 2.75) is 18.9 Å². The van der Waals surface area contributed by atoms with Gasteiger partial charge in [-0.3, -0.25) is 8.22 Å². The van der Waals surface area contributed by atoms with Crippen LogP contribution in [0.2, 0.25) is 6.04 Å². The molecule has 0 aliphatic carbocycles. The monoisotopic (exact) mass is 235 g/mol. The number of benzene rings is 2. The number of fused-ring (bicyclic) bond motifs is 1. The maximum atomic E-state index is 12.2. The molecule has 0 atom stereocenters. The van der Waals surface area contributed by atoms with E-state index in [2.05, 4.69) is 18.2 Å². The summed E-state index contributed by atoms with van der Waals surface area (Å²) in [6.45, 7) is 0. The molecule has 3 heteroatoms. The zero-order valence-electron chi connectivity index (χ0n) is 8.92. The van der Waals surface area contributed by atoms with Crippen LogP contribution in [0.15, 0.2) is 42.5 Å². The van der Waals surface area contributed by atoms with E-state index >= 15 is 0 Å². The molecule has 0 fully saturated rings. The Bertz CT molecular complexity index is 463. The number of hydrogen-bond donors (Lipinski definition) is 0. The second-order valence-corrected chi connectivity index (χ2v) is 5.01. The van der Waals surface area contributed by atoms with Crippen LogP contribution in [0.4, 0.5) is 8.22 Å². The molecule has 0 unspecified atom stereocenters. The minimum atomic E-state index is -3.06. The Kier molecular flexibility index (Phi) is 3.67. The Morgan fingerprint density at radius 2 is 1.69 bits per heavy atom.